The van der Waals surface area contributed by atoms with Crippen LogP contribution in [0.3, 0.4) is 0 Å². The fourth-order valence-corrected chi connectivity index (χ4v) is 1.39. The fraction of sp³-hybridized carbons (Fsp3) is 0.455. The summed E-state index contributed by atoms with van der Waals surface area (Å²) in [5.74, 6) is -0.105. The summed E-state index contributed by atoms with van der Waals surface area (Å²) >= 11 is 0. The molecule has 0 spiro atoms. The zero-order valence-corrected chi connectivity index (χ0v) is 8.97. The molecule has 0 atom stereocenters. The van der Waals surface area contributed by atoms with Crippen molar-refractivity contribution in [2.75, 3.05) is 13.6 Å². The third-order valence-corrected chi connectivity index (χ3v) is 2.07. The molecule has 5 heteroatoms. The van der Waals surface area contributed by atoms with Gasteiger partial charge in [0, 0.05) is 0 Å². The van der Waals surface area contributed by atoms with Gasteiger partial charge in [-0.1, -0.05) is 18.2 Å². The molecule has 0 unspecified atom stereocenters. The molecule has 1 aromatic carbocycles. The number of alkyl halides is 3. The van der Waals surface area contributed by atoms with Gasteiger partial charge in [0.1, 0.15) is 5.75 Å². The highest BCUT2D eigenvalue weighted by molar-refractivity contribution is 5.33. The zero-order valence-electron chi connectivity index (χ0n) is 8.97. The summed E-state index contributed by atoms with van der Waals surface area (Å²) in [6.07, 6.45) is -3.29. The molecule has 0 heterocycles. The Morgan fingerprint density at radius 1 is 1.25 bits per heavy atom. The van der Waals surface area contributed by atoms with Crippen LogP contribution in [0.4, 0.5) is 13.2 Å². The summed E-state index contributed by atoms with van der Waals surface area (Å²) in [6, 6.07) is 6.22. The van der Waals surface area contributed by atoms with Crippen molar-refractivity contribution in [3.05, 3.63) is 29.8 Å². The first-order valence-corrected chi connectivity index (χ1v) is 5.01. The maximum absolute atomic E-state index is 12.1. The molecule has 0 radical (unpaired) electrons. The molecular weight excluding hydrogens is 219 g/mol. The van der Waals surface area contributed by atoms with Crippen molar-refractivity contribution < 1.29 is 17.9 Å². The molecule has 1 aromatic rings. The van der Waals surface area contributed by atoms with Crippen LogP contribution in [0.15, 0.2) is 24.3 Å². The Bertz CT molecular complexity index is 325. The number of halogens is 3. The second-order valence-corrected chi connectivity index (χ2v) is 3.36. The molecule has 16 heavy (non-hydrogen) atoms. The third-order valence-electron chi connectivity index (χ3n) is 2.07. The number of nitrogens with one attached hydrogen (secondary N) is 1. The Kier molecular flexibility index (Phi) is 4.61. The molecule has 90 valence electrons. The summed E-state index contributed by atoms with van der Waals surface area (Å²) in [5, 5.41) is 2.94. The first-order chi connectivity index (χ1) is 7.53. The van der Waals surface area contributed by atoms with E-state index in [1.54, 1.807) is 19.2 Å². The first-order valence-electron chi connectivity index (χ1n) is 5.01. The van der Waals surface area contributed by atoms with Gasteiger partial charge in [0.25, 0.3) is 0 Å². The van der Waals surface area contributed by atoms with Gasteiger partial charge in [0.05, 0.1) is 0 Å². The minimum atomic E-state index is -4.63. The Morgan fingerprint density at radius 2 is 1.94 bits per heavy atom. The minimum absolute atomic E-state index is 0.105. The second kappa shape index (κ2) is 5.75. The lowest BCUT2D eigenvalue weighted by Gasteiger charge is -2.12. The van der Waals surface area contributed by atoms with Gasteiger partial charge in [-0.25, -0.2) is 0 Å². The minimum Gasteiger partial charge on any atom is -0.406 e. The van der Waals surface area contributed by atoms with E-state index < -0.39 is 6.36 Å². The molecular formula is C11H14F3NO. The van der Waals surface area contributed by atoms with Gasteiger partial charge in [0.2, 0.25) is 0 Å². The van der Waals surface area contributed by atoms with Crippen LogP contribution in [-0.4, -0.2) is 20.0 Å². The van der Waals surface area contributed by atoms with Crippen molar-refractivity contribution in [1.82, 2.24) is 5.32 Å². The summed E-state index contributed by atoms with van der Waals surface area (Å²) in [7, 11) is 1.80. The van der Waals surface area contributed by atoms with E-state index in [9.17, 15) is 13.2 Å². The zero-order chi connectivity index (χ0) is 12.0. The van der Waals surface area contributed by atoms with E-state index in [2.05, 4.69) is 10.1 Å². The first kappa shape index (κ1) is 12.8. The Labute approximate surface area is 92.4 Å². The van der Waals surface area contributed by atoms with Gasteiger partial charge in [-0.05, 0) is 38.1 Å². The molecule has 1 N–H and O–H groups in total. The predicted octanol–water partition coefficient (Wildman–Crippen LogP) is 2.74. The molecule has 0 aliphatic carbocycles. The van der Waals surface area contributed by atoms with E-state index in [1.165, 1.54) is 12.1 Å². The van der Waals surface area contributed by atoms with Gasteiger partial charge in [-0.2, -0.15) is 0 Å². The second-order valence-electron chi connectivity index (χ2n) is 3.36. The predicted molar refractivity (Wildman–Crippen MR) is 55.4 cm³/mol. The largest absolute Gasteiger partial charge is 0.573 e. The number of para-hydroxylation sites is 1. The average Bonchev–Trinajstić information content (AvgIpc) is 2.19. The SMILES string of the molecule is CNCCCc1ccccc1OC(F)(F)F. The van der Waals surface area contributed by atoms with E-state index >= 15 is 0 Å². The molecule has 0 amide bonds. The summed E-state index contributed by atoms with van der Waals surface area (Å²) in [4.78, 5) is 0. The number of hydrogen-bond acceptors (Lipinski definition) is 2. The van der Waals surface area contributed by atoms with Crippen molar-refractivity contribution in [2.24, 2.45) is 0 Å². The monoisotopic (exact) mass is 233 g/mol. The molecule has 0 saturated carbocycles. The number of rotatable bonds is 5. The maximum Gasteiger partial charge on any atom is 0.573 e. The highest BCUT2D eigenvalue weighted by Crippen LogP contribution is 2.26. The van der Waals surface area contributed by atoms with Gasteiger partial charge in [-0.15, -0.1) is 13.2 Å². The van der Waals surface area contributed by atoms with Crippen LogP contribution >= 0.6 is 0 Å². The molecule has 0 fully saturated rings. The van der Waals surface area contributed by atoms with Crippen LogP contribution in [0.2, 0.25) is 0 Å². The van der Waals surface area contributed by atoms with Crippen molar-refractivity contribution in [1.29, 1.82) is 0 Å². The highest BCUT2D eigenvalue weighted by Gasteiger charge is 2.31. The molecule has 0 saturated heterocycles. The lowest BCUT2D eigenvalue weighted by Crippen LogP contribution is -2.18. The lowest BCUT2D eigenvalue weighted by atomic mass is 10.1. The van der Waals surface area contributed by atoms with E-state index in [-0.39, 0.29) is 5.75 Å². The smallest absolute Gasteiger partial charge is 0.406 e. The van der Waals surface area contributed by atoms with Crippen LogP contribution in [0, 0.1) is 0 Å². The Hall–Kier alpha value is -1.23. The van der Waals surface area contributed by atoms with Crippen LogP contribution in [0.25, 0.3) is 0 Å². The normalized spacial score (nSPS) is 11.5. The van der Waals surface area contributed by atoms with E-state index in [0.717, 1.165) is 13.0 Å². The summed E-state index contributed by atoms with van der Waals surface area (Å²) < 4.78 is 40.2. The number of ether oxygens (including phenoxy) is 1. The van der Waals surface area contributed by atoms with Crippen LogP contribution in [0.5, 0.6) is 5.75 Å². The van der Waals surface area contributed by atoms with E-state index in [4.69, 9.17) is 0 Å². The van der Waals surface area contributed by atoms with Gasteiger partial charge >= 0.3 is 6.36 Å². The average molecular weight is 233 g/mol. The van der Waals surface area contributed by atoms with Gasteiger partial charge in [-0.3, -0.25) is 0 Å². The van der Waals surface area contributed by atoms with Crippen molar-refractivity contribution in [3.63, 3.8) is 0 Å². The van der Waals surface area contributed by atoms with Crippen molar-refractivity contribution >= 4 is 0 Å². The lowest BCUT2D eigenvalue weighted by molar-refractivity contribution is -0.274. The maximum atomic E-state index is 12.1. The quantitative estimate of drug-likeness (QED) is 0.789. The molecule has 1 rings (SSSR count). The molecule has 2 nitrogen and oxygen atoms in total. The molecule has 0 bridgehead atoms. The Balaban J connectivity index is 2.68. The van der Waals surface area contributed by atoms with Crippen LogP contribution in [0.1, 0.15) is 12.0 Å². The highest BCUT2D eigenvalue weighted by atomic mass is 19.4. The third kappa shape index (κ3) is 4.53. The van der Waals surface area contributed by atoms with E-state index in [1.807, 2.05) is 0 Å². The standard InChI is InChI=1S/C11H14F3NO/c1-15-8-4-6-9-5-2-3-7-10(9)16-11(12,13)14/h2-3,5,7,15H,4,6,8H2,1H3. The van der Waals surface area contributed by atoms with Gasteiger partial charge < -0.3 is 10.1 Å². The van der Waals surface area contributed by atoms with Crippen LogP contribution in [-0.2, 0) is 6.42 Å². The molecule has 0 aliphatic heterocycles. The topological polar surface area (TPSA) is 21.3 Å². The number of hydrogen-bond donors (Lipinski definition) is 1. The summed E-state index contributed by atoms with van der Waals surface area (Å²) in [6.45, 7) is 0.764. The molecule has 0 aromatic heterocycles. The van der Waals surface area contributed by atoms with E-state index in [0.29, 0.717) is 12.0 Å². The number of benzene rings is 1. The molecule has 0 aliphatic rings. The fourth-order valence-electron chi connectivity index (χ4n) is 1.39. The summed E-state index contributed by atoms with van der Waals surface area (Å²) in [5.41, 5.74) is 0.579. The Morgan fingerprint density at radius 3 is 2.56 bits per heavy atom. The van der Waals surface area contributed by atoms with Gasteiger partial charge in [0.15, 0.2) is 0 Å². The van der Waals surface area contributed by atoms with Crippen molar-refractivity contribution in [2.45, 2.75) is 19.2 Å². The van der Waals surface area contributed by atoms with Crippen molar-refractivity contribution in [3.8, 4) is 5.75 Å². The van der Waals surface area contributed by atoms with Crippen LogP contribution < -0.4 is 10.1 Å². The number of aryl methyl sites for hydroxylation is 1.